The molecule has 0 aliphatic carbocycles. The highest BCUT2D eigenvalue weighted by molar-refractivity contribution is 7.92. The molecule has 2 rings (SSSR count). The first-order chi connectivity index (χ1) is 9.33. The Hall–Kier alpha value is -1.73. The van der Waals surface area contributed by atoms with Crippen molar-refractivity contribution in [3.63, 3.8) is 0 Å². The molecule has 0 fully saturated rings. The van der Waals surface area contributed by atoms with Crippen LogP contribution in [-0.2, 0) is 16.6 Å². The Morgan fingerprint density at radius 2 is 2.15 bits per heavy atom. The van der Waals surface area contributed by atoms with Crippen LogP contribution in [0.3, 0.4) is 0 Å². The molecule has 0 radical (unpaired) electrons. The molecule has 0 aliphatic rings. The molecule has 2 aromatic rings. The minimum atomic E-state index is -3.78. The molecule has 20 heavy (non-hydrogen) atoms. The lowest BCUT2D eigenvalue weighted by Crippen LogP contribution is -2.14. The van der Waals surface area contributed by atoms with Gasteiger partial charge in [-0.15, -0.1) is 0 Å². The van der Waals surface area contributed by atoms with E-state index in [4.69, 9.17) is 17.3 Å². The van der Waals surface area contributed by atoms with Crippen LogP contribution in [0.5, 0.6) is 0 Å². The van der Waals surface area contributed by atoms with Gasteiger partial charge in [0.2, 0.25) is 0 Å². The van der Waals surface area contributed by atoms with E-state index in [0.29, 0.717) is 17.3 Å². The predicted molar refractivity (Wildman–Crippen MR) is 79.3 cm³/mol. The van der Waals surface area contributed by atoms with Crippen molar-refractivity contribution in [1.82, 2.24) is 9.78 Å². The summed E-state index contributed by atoms with van der Waals surface area (Å²) in [7, 11) is -3.78. The van der Waals surface area contributed by atoms with Crippen LogP contribution in [0.25, 0.3) is 0 Å². The van der Waals surface area contributed by atoms with Gasteiger partial charge in [0.25, 0.3) is 10.0 Å². The van der Waals surface area contributed by atoms with Gasteiger partial charge >= 0.3 is 0 Å². The third kappa shape index (κ3) is 2.88. The zero-order chi connectivity index (χ0) is 14.9. The minimum absolute atomic E-state index is 0.0300. The first-order valence-electron chi connectivity index (χ1n) is 5.95. The molecule has 0 saturated heterocycles. The number of nitrogens with one attached hydrogen (secondary N) is 1. The number of nitrogens with zero attached hydrogens (tertiary/aromatic N) is 2. The van der Waals surface area contributed by atoms with Gasteiger partial charge in [-0.1, -0.05) is 17.7 Å². The summed E-state index contributed by atoms with van der Waals surface area (Å²) in [6.45, 7) is 4.22. The summed E-state index contributed by atoms with van der Waals surface area (Å²) in [6, 6.07) is 4.92. The summed E-state index contributed by atoms with van der Waals surface area (Å²) in [5.41, 5.74) is 6.88. The number of aromatic nitrogens is 2. The number of nitrogen functional groups attached to an aromatic ring is 1. The zero-order valence-corrected chi connectivity index (χ0v) is 12.7. The van der Waals surface area contributed by atoms with Crippen LogP contribution in [0.2, 0.25) is 5.02 Å². The highest BCUT2D eigenvalue weighted by Gasteiger charge is 2.21. The van der Waals surface area contributed by atoms with Gasteiger partial charge in [0.05, 0.1) is 5.69 Å². The molecule has 3 N–H and O–H groups in total. The van der Waals surface area contributed by atoms with Crippen molar-refractivity contribution in [1.29, 1.82) is 0 Å². The number of benzene rings is 1. The molecule has 1 heterocycles. The summed E-state index contributed by atoms with van der Waals surface area (Å²) in [5.74, 6) is -0.0300. The predicted octanol–water partition coefficient (Wildman–Crippen LogP) is 2.25. The standard InChI is InChI=1S/C12H15ClN4O2S/c1-3-17-7-11(12(14)15-17)20(18,19)16-9-5-4-8(2)10(13)6-9/h4-7,16H,3H2,1-2H3,(H2,14,15). The number of sulfonamides is 1. The van der Waals surface area contributed by atoms with Crippen molar-refractivity contribution in [2.45, 2.75) is 25.3 Å². The summed E-state index contributed by atoms with van der Waals surface area (Å²) in [4.78, 5) is -0.0453. The molecule has 0 amide bonds. The van der Waals surface area contributed by atoms with Crippen LogP contribution < -0.4 is 10.5 Å². The number of hydrogen-bond donors (Lipinski definition) is 2. The zero-order valence-electron chi connectivity index (χ0n) is 11.1. The van der Waals surface area contributed by atoms with Gasteiger partial charge in [0, 0.05) is 17.8 Å². The molecule has 1 aromatic carbocycles. The van der Waals surface area contributed by atoms with E-state index in [1.54, 1.807) is 18.2 Å². The Morgan fingerprint density at radius 3 is 2.70 bits per heavy atom. The van der Waals surface area contributed by atoms with Crippen LogP contribution in [0, 0.1) is 6.92 Å². The highest BCUT2D eigenvalue weighted by atomic mass is 35.5. The van der Waals surface area contributed by atoms with Crippen LogP contribution >= 0.6 is 11.6 Å². The Kier molecular flexibility index (Phi) is 3.92. The fraction of sp³-hybridized carbons (Fsp3) is 0.250. The molecule has 6 nitrogen and oxygen atoms in total. The fourth-order valence-electron chi connectivity index (χ4n) is 1.65. The molecular formula is C12H15ClN4O2S. The Morgan fingerprint density at radius 1 is 1.45 bits per heavy atom. The van der Waals surface area contributed by atoms with Gasteiger partial charge in [-0.3, -0.25) is 9.40 Å². The molecule has 0 bridgehead atoms. The number of rotatable bonds is 4. The molecule has 0 spiro atoms. The van der Waals surface area contributed by atoms with Gasteiger partial charge in [0.15, 0.2) is 5.82 Å². The summed E-state index contributed by atoms with van der Waals surface area (Å²) < 4.78 is 28.4. The van der Waals surface area contributed by atoms with Crippen LogP contribution in [0.15, 0.2) is 29.3 Å². The number of nitrogens with two attached hydrogens (primary N) is 1. The Bertz CT molecular complexity index is 740. The van der Waals surface area contributed by atoms with E-state index in [-0.39, 0.29) is 10.7 Å². The third-order valence-corrected chi connectivity index (χ3v) is 4.60. The van der Waals surface area contributed by atoms with Crippen molar-refractivity contribution < 1.29 is 8.42 Å². The normalized spacial score (nSPS) is 11.6. The van der Waals surface area contributed by atoms with Crippen molar-refractivity contribution in [2.75, 3.05) is 10.5 Å². The maximum absolute atomic E-state index is 12.3. The fourth-order valence-corrected chi connectivity index (χ4v) is 2.96. The maximum Gasteiger partial charge on any atom is 0.267 e. The van der Waals surface area contributed by atoms with E-state index in [0.717, 1.165) is 5.56 Å². The average Bonchev–Trinajstić information content (AvgIpc) is 2.76. The SMILES string of the molecule is CCn1cc(S(=O)(=O)Nc2ccc(C)c(Cl)c2)c(N)n1. The van der Waals surface area contributed by atoms with Crippen molar-refractivity contribution in [3.8, 4) is 0 Å². The van der Waals surface area contributed by atoms with E-state index >= 15 is 0 Å². The van der Waals surface area contributed by atoms with E-state index < -0.39 is 10.0 Å². The lowest BCUT2D eigenvalue weighted by atomic mass is 10.2. The number of halogens is 1. The summed E-state index contributed by atoms with van der Waals surface area (Å²) in [5, 5.41) is 4.41. The molecule has 0 saturated carbocycles. The Balaban J connectivity index is 2.35. The number of aryl methyl sites for hydroxylation is 2. The molecule has 0 aliphatic heterocycles. The van der Waals surface area contributed by atoms with Crippen LogP contribution in [0.1, 0.15) is 12.5 Å². The van der Waals surface area contributed by atoms with E-state index in [2.05, 4.69) is 9.82 Å². The van der Waals surface area contributed by atoms with Gasteiger partial charge < -0.3 is 5.73 Å². The van der Waals surface area contributed by atoms with Crippen molar-refractivity contribution in [3.05, 3.63) is 35.0 Å². The smallest absolute Gasteiger partial charge is 0.267 e. The molecule has 0 atom stereocenters. The minimum Gasteiger partial charge on any atom is -0.381 e. The first-order valence-corrected chi connectivity index (χ1v) is 7.81. The molecule has 8 heteroatoms. The summed E-state index contributed by atoms with van der Waals surface area (Å²) in [6.07, 6.45) is 1.40. The van der Waals surface area contributed by atoms with Gasteiger partial charge in [0.1, 0.15) is 4.90 Å². The van der Waals surface area contributed by atoms with E-state index in [1.165, 1.54) is 10.9 Å². The molecule has 108 valence electrons. The number of anilines is 2. The maximum atomic E-state index is 12.3. The van der Waals surface area contributed by atoms with E-state index in [1.807, 2.05) is 13.8 Å². The quantitative estimate of drug-likeness (QED) is 0.905. The number of hydrogen-bond acceptors (Lipinski definition) is 4. The van der Waals surface area contributed by atoms with Crippen LogP contribution in [0.4, 0.5) is 11.5 Å². The lowest BCUT2D eigenvalue weighted by molar-refractivity contribution is 0.600. The Labute approximate surface area is 122 Å². The topological polar surface area (TPSA) is 90.0 Å². The van der Waals surface area contributed by atoms with Crippen molar-refractivity contribution in [2.24, 2.45) is 0 Å². The first kappa shape index (κ1) is 14.7. The molecule has 1 aromatic heterocycles. The average molecular weight is 315 g/mol. The van der Waals surface area contributed by atoms with Gasteiger partial charge in [-0.25, -0.2) is 8.42 Å². The van der Waals surface area contributed by atoms with Gasteiger partial charge in [-0.05, 0) is 31.5 Å². The monoisotopic (exact) mass is 314 g/mol. The molecular weight excluding hydrogens is 300 g/mol. The van der Waals surface area contributed by atoms with E-state index in [9.17, 15) is 8.42 Å². The largest absolute Gasteiger partial charge is 0.381 e. The second kappa shape index (κ2) is 5.34. The lowest BCUT2D eigenvalue weighted by Gasteiger charge is -2.08. The molecule has 0 unspecified atom stereocenters. The second-order valence-electron chi connectivity index (χ2n) is 4.30. The van der Waals surface area contributed by atoms with Gasteiger partial charge in [-0.2, -0.15) is 5.10 Å². The third-order valence-electron chi connectivity index (χ3n) is 2.79. The highest BCUT2D eigenvalue weighted by Crippen LogP contribution is 2.24. The van der Waals surface area contributed by atoms with Crippen LogP contribution in [-0.4, -0.2) is 18.2 Å². The summed E-state index contributed by atoms with van der Waals surface area (Å²) >= 11 is 5.97. The van der Waals surface area contributed by atoms with Crippen molar-refractivity contribution >= 4 is 33.1 Å². The second-order valence-corrected chi connectivity index (χ2v) is 6.36.